The maximum atomic E-state index is 5.71. The Morgan fingerprint density at radius 2 is 1.57 bits per heavy atom. The topological polar surface area (TPSA) is 30.9 Å². The smallest absolute Gasteiger partial charge is 0.0598 e. The third-order valence-corrected chi connectivity index (χ3v) is 5.00. The highest BCUT2D eigenvalue weighted by Crippen LogP contribution is 2.49. The van der Waals surface area contributed by atoms with Gasteiger partial charge in [0.2, 0.25) is 0 Å². The lowest BCUT2D eigenvalue weighted by Crippen LogP contribution is -2.63. The second-order valence-corrected chi connectivity index (χ2v) is 8.46. The predicted octanol–water partition coefficient (Wildman–Crippen LogP) is 3.49. The molecule has 0 unspecified atom stereocenters. The van der Waals surface area contributed by atoms with Gasteiger partial charge < -0.3 is 19.1 Å². The summed E-state index contributed by atoms with van der Waals surface area (Å²) >= 11 is 0. The van der Waals surface area contributed by atoms with Crippen LogP contribution in [-0.4, -0.2) is 63.2 Å². The van der Waals surface area contributed by atoms with Gasteiger partial charge in [-0.15, -0.1) is 0 Å². The van der Waals surface area contributed by atoms with Crippen LogP contribution in [0, 0.1) is 5.41 Å². The molecule has 2 aliphatic rings. The van der Waals surface area contributed by atoms with E-state index in [-0.39, 0.29) is 5.60 Å². The maximum Gasteiger partial charge on any atom is 0.0598 e. The van der Waals surface area contributed by atoms with Gasteiger partial charge in [-0.05, 0) is 65.8 Å². The Morgan fingerprint density at radius 1 is 0.957 bits per heavy atom. The molecule has 1 spiro atoms. The van der Waals surface area contributed by atoms with Gasteiger partial charge in [0, 0.05) is 45.4 Å². The van der Waals surface area contributed by atoms with E-state index in [1.807, 2.05) is 7.11 Å². The zero-order valence-electron chi connectivity index (χ0n) is 15.7. The van der Waals surface area contributed by atoms with E-state index in [1.54, 1.807) is 0 Å². The Bertz CT molecular complexity index is 326. The van der Waals surface area contributed by atoms with Crippen molar-refractivity contribution >= 4 is 0 Å². The number of nitrogens with zero attached hydrogens (tertiary/aromatic N) is 1. The Morgan fingerprint density at radius 3 is 2.17 bits per heavy atom. The largest absolute Gasteiger partial charge is 0.381 e. The molecule has 1 aliphatic heterocycles. The number of unbranched alkanes of at least 4 members (excludes halogenated alkanes) is 2. The number of hydrogen-bond donors (Lipinski definition) is 0. The first kappa shape index (κ1) is 19.2. The highest BCUT2D eigenvalue weighted by Gasteiger charge is 2.51. The van der Waals surface area contributed by atoms with Crippen molar-refractivity contribution in [2.24, 2.45) is 5.41 Å². The van der Waals surface area contributed by atoms with E-state index in [9.17, 15) is 0 Å². The van der Waals surface area contributed by atoms with Gasteiger partial charge in [-0.25, -0.2) is 0 Å². The maximum absolute atomic E-state index is 5.71. The number of ether oxygens (including phenoxy) is 3. The average molecular weight is 328 g/mol. The van der Waals surface area contributed by atoms with Crippen LogP contribution >= 0.6 is 0 Å². The third-order valence-electron chi connectivity index (χ3n) is 5.00. The summed E-state index contributed by atoms with van der Waals surface area (Å²) in [6, 6.07) is 0. The van der Waals surface area contributed by atoms with Gasteiger partial charge in [-0.2, -0.15) is 0 Å². The van der Waals surface area contributed by atoms with Gasteiger partial charge >= 0.3 is 0 Å². The fourth-order valence-corrected chi connectivity index (χ4v) is 3.72. The molecule has 4 nitrogen and oxygen atoms in total. The molecule has 0 atom stereocenters. The predicted molar refractivity (Wildman–Crippen MR) is 93.9 cm³/mol. The van der Waals surface area contributed by atoms with Crippen molar-refractivity contribution < 1.29 is 14.2 Å². The summed E-state index contributed by atoms with van der Waals surface area (Å²) in [4.78, 5) is 2.59. The van der Waals surface area contributed by atoms with E-state index < -0.39 is 0 Å². The molecule has 1 saturated heterocycles. The number of likely N-dealkylation sites (tertiary alicyclic amines) is 1. The van der Waals surface area contributed by atoms with E-state index in [4.69, 9.17) is 14.2 Å². The van der Waals surface area contributed by atoms with Crippen LogP contribution in [0.3, 0.4) is 0 Å². The van der Waals surface area contributed by atoms with Crippen LogP contribution in [0.2, 0.25) is 0 Å². The normalized spacial score (nSPS) is 21.4. The van der Waals surface area contributed by atoms with Gasteiger partial charge in [-0.1, -0.05) is 0 Å². The number of methoxy groups -OCH3 is 1. The Hall–Kier alpha value is -0.160. The lowest BCUT2D eigenvalue weighted by molar-refractivity contribution is -0.140. The van der Waals surface area contributed by atoms with Crippen molar-refractivity contribution in [3.8, 4) is 0 Å². The quantitative estimate of drug-likeness (QED) is 0.544. The second-order valence-electron chi connectivity index (χ2n) is 8.46. The summed E-state index contributed by atoms with van der Waals surface area (Å²) in [5.41, 5.74) is 0.618. The molecule has 0 amide bonds. The lowest BCUT2D eigenvalue weighted by Gasteiger charge is -2.58. The molecule has 2 fully saturated rings. The van der Waals surface area contributed by atoms with Crippen LogP contribution in [0.1, 0.15) is 59.3 Å². The summed E-state index contributed by atoms with van der Waals surface area (Å²) in [7, 11) is 1.84. The summed E-state index contributed by atoms with van der Waals surface area (Å²) in [5.74, 6) is 0. The molecule has 0 aromatic carbocycles. The molecule has 23 heavy (non-hydrogen) atoms. The van der Waals surface area contributed by atoms with Gasteiger partial charge in [0.1, 0.15) is 0 Å². The van der Waals surface area contributed by atoms with Crippen LogP contribution in [0.4, 0.5) is 0 Å². The highest BCUT2D eigenvalue weighted by molar-refractivity contribution is 5.04. The molecule has 0 aromatic heterocycles. The van der Waals surface area contributed by atoms with Gasteiger partial charge in [0.15, 0.2) is 0 Å². The molecular formula is C19H37NO3. The van der Waals surface area contributed by atoms with Crippen LogP contribution in [0.5, 0.6) is 0 Å². The summed E-state index contributed by atoms with van der Waals surface area (Å²) in [6.07, 6.45) is 7.74. The van der Waals surface area contributed by atoms with Gasteiger partial charge in [-0.3, -0.25) is 0 Å². The first-order chi connectivity index (χ1) is 10.9. The van der Waals surface area contributed by atoms with Crippen LogP contribution in [0.15, 0.2) is 0 Å². The fourth-order valence-electron chi connectivity index (χ4n) is 3.72. The van der Waals surface area contributed by atoms with E-state index in [2.05, 4.69) is 25.7 Å². The zero-order chi connectivity index (χ0) is 16.8. The van der Waals surface area contributed by atoms with Gasteiger partial charge in [0.25, 0.3) is 0 Å². The van der Waals surface area contributed by atoms with Gasteiger partial charge in [0.05, 0.1) is 11.7 Å². The Labute approximate surface area is 142 Å². The Balaban J connectivity index is 1.31. The van der Waals surface area contributed by atoms with Crippen LogP contribution in [-0.2, 0) is 14.2 Å². The standard InChI is InChI=1S/C19H37NO3/c1-18(2,3)23-12-8-7-11-22-10-6-5-9-20-15-19(16-20)13-17(14-19)21-4/h17H,5-16H2,1-4H3. The molecule has 0 N–H and O–H groups in total. The van der Waals surface area contributed by atoms with Crippen molar-refractivity contribution in [1.29, 1.82) is 0 Å². The number of hydrogen-bond acceptors (Lipinski definition) is 4. The molecule has 0 radical (unpaired) electrons. The minimum absolute atomic E-state index is 0.0136. The molecular weight excluding hydrogens is 290 g/mol. The summed E-state index contributed by atoms with van der Waals surface area (Å²) < 4.78 is 16.8. The zero-order valence-corrected chi connectivity index (χ0v) is 15.7. The molecule has 0 aromatic rings. The molecule has 1 aliphatic carbocycles. The van der Waals surface area contributed by atoms with Crippen LogP contribution in [0.25, 0.3) is 0 Å². The molecule has 2 rings (SSSR count). The van der Waals surface area contributed by atoms with Crippen molar-refractivity contribution in [3.63, 3.8) is 0 Å². The lowest BCUT2D eigenvalue weighted by atomic mass is 9.62. The first-order valence-electron chi connectivity index (χ1n) is 9.39. The summed E-state index contributed by atoms with van der Waals surface area (Å²) in [6.45, 7) is 12.8. The van der Waals surface area contributed by atoms with Crippen LogP contribution < -0.4 is 0 Å². The Kier molecular flexibility index (Phi) is 7.33. The summed E-state index contributed by atoms with van der Waals surface area (Å²) in [5, 5.41) is 0. The molecule has 1 heterocycles. The highest BCUT2D eigenvalue weighted by atomic mass is 16.5. The van der Waals surface area contributed by atoms with Crippen molar-refractivity contribution in [3.05, 3.63) is 0 Å². The van der Waals surface area contributed by atoms with E-state index in [1.165, 1.54) is 45.3 Å². The molecule has 1 saturated carbocycles. The second kappa shape index (κ2) is 8.80. The molecule has 4 heteroatoms. The molecule has 0 bridgehead atoms. The minimum Gasteiger partial charge on any atom is -0.381 e. The first-order valence-corrected chi connectivity index (χ1v) is 9.39. The van der Waals surface area contributed by atoms with E-state index in [0.29, 0.717) is 11.5 Å². The third kappa shape index (κ3) is 6.69. The van der Waals surface area contributed by atoms with E-state index in [0.717, 1.165) is 32.7 Å². The van der Waals surface area contributed by atoms with Crippen molar-refractivity contribution in [1.82, 2.24) is 4.90 Å². The van der Waals surface area contributed by atoms with Crippen molar-refractivity contribution in [2.45, 2.75) is 71.0 Å². The number of rotatable bonds is 11. The SMILES string of the molecule is COC1CC2(C1)CN(CCCCOCCCCOC(C)(C)C)C2. The average Bonchev–Trinajstić information content (AvgIpc) is 2.39. The van der Waals surface area contributed by atoms with Crippen molar-refractivity contribution in [2.75, 3.05) is 46.6 Å². The van der Waals surface area contributed by atoms with E-state index >= 15 is 0 Å². The molecule has 136 valence electrons. The minimum atomic E-state index is -0.0136. The fraction of sp³-hybridized carbons (Fsp3) is 1.00. The monoisotopic (exact) mass is 327 g/mol.